The zero-order valence-corrected chi connectivity index (χ0v) is 18.8. The van der Waals surface area contributed by atoms with Gasteiger partial charge in [-0.2, -0.15) is 5.21 Å². The summed E-state index contributed by atoms with van der Waals surface area (Å²) in [4.78, 5) is 17.8. The van der Waals surface area contributed by atoms with E-state index in [1.54, 1.807) is 21.6 Å². The number of aryl methyl sites for hydroxylation is 2. The van der Waals surface area contributed by atoms with Gasteiger partial charge in [-0.25, -0.2) is 14.0 Å². The zero-order chi connectivity index (χ0) is 23.5. The van der Waals surface area contributed by atoms with Crippen molar-refractivity contribution in [2.75, 3.05) is 0 Å². The average Bonchev–Trinajstić information content (AvgIpc) is 3.62. The largest absolute Gasteiger partial charge is 0.335 e. The molecule has 1 N–H and O–H groups in total. The Kier molecular flexibility index (Phi) is 5.77. The number of H-pyrrole nitrogens is 1. The maximum absolute atomic E-state index is 13.5. The molecule has 4 heterocycles. The molecule has 12 nitrogen and oxygen atoms in total. The molecule has 34 heavy (non-hydrogen) atoms. The van der Waals surface area contributed by atoms with Crippen molar-refractivity contribution in [3.8, 4) is 28.5 Å². The second kappa shape index (κ2) is 9.17. The first-order chi connectivity index (χ1) is 16.7. The topological polar surface area (TPSA) is 138 Å². The number of pyridine rings is 1. The van der Waals surface area contributed by atoms with Crippen LogP contribution < -0.4 is 5.69 Å². The third-order valence-corrected chi connectivity index (χ3v) is 5.63. The molecular formula is C22H23N11O. The van der Waals surface area contributed by atoms with E-state index in [0.717, 1.165) is 40.8 Å². The van der Waals surface area contributed by atoms with Gasteiger partial charge in [0.2, 0.25) is 5.82 Å². The molecule has 172 valence electrons. The highest BCUT2D eigenvalue weighted by atomic mass is 16.2. The van der Waals surface area contributed by atoms with Gasteiger partial charge in [0.1, 0.15) is 0 Å². The van der Waals surface area contributed by atoms with E-state index in [4.69, 9.17) is 0 Å². The lowest BCUT2D eigenvalue weighted by atomic mass is 9.96. The molecule has 0 spiro atoms. The van der Waals surface area contributed by atoms with Crippen LogP contribution in [0.15, 0.2) is 53.7 Å². The molecule has 5 rings (SSSR count). The summed E-state index contributed by atoms with van der Waals surface area (Å²) in [6, 6.07) is 9.77. The molecule has 0 aliphatic rings. The Hall–Kier alpha value is -4.48. The number of aromatic nitrogens is 11. The third kappa shape index (κ3) is 3.78. The normalized spacial score (nSPS) is 11.2. The van der Waals surface area contributed by atoms with Crippen molar-refractivity contribution in [2.45, 2.75) is 39.8 Å². The molecule has 12 heteroatoms. The molecule has 1 aromatic carbocycles. The molecule has 0 bridgehead atoms. The summed E-state index contributed by atoms with van der Waals surface area (Å²) in [7, 11) is 0. The number of hydrogen-bond acceptors (Lipinski definition) is 8. The molecule has 0 saturated heterocycles. The van der Waals surface area contributed by atoms with Crippen molar-refractivity contribution >= 4 is 0 Å². The summed E-state index contributed by atoms with van der Waals surface area (Å²) in [5, 5.41) is 26.2. The van der Waals surface area contributed by atoms with E-state index in [9.17, 15) is 4.79 Å². The second-order valence-electron chi connectivity index (χ2n) is 7.72. The third-order valence-electron chi connectivity index (χ3n) is 5.63. The van der Waals surface area contributed by atoms with Gasteiger partial charge in [0.05, 0.1) is 6.54 Å². The van der Waals surface area contributed by atoms with E-state index in [-0.39, 0.29) is 5.69 Å². The van der Waals surface area contributed by atoms with Crippen LogP contribution in [-0.2, 0) is 19.5 Å². The van der Waals surface area contributed by atoms with Gasteiger partial charge in [-0.3, -0.25) is 9.55 Å². The summed E-state index contributed by atoms with van der Waals surface area (Å²) in [5.41, 5.74) is 4.31. The Balaban J connectivity index is 1.61. The highest BCUT2D eigenvalue weighted by molar-refractivity contribution is 5.81. The SMILES string of the molecule is CCCc1cn(-c2nnnn2CC)c(=O)n1Cc1cnccc1-c1ccccc1-c1nn[nH]n1. The summed E-state index contributed by atoms with van der Waals surface area (Å²) in [6.07, 6.45) is 6.99. The molecule has 4 aromatic heterocycles. The minimum absolute atomic E-state index is 0.200. The standard InChI is InChI=1S/C22H23N11O/c1-3-7-16-14-32(21-26-29-30-33(21)4-2)22(34)31(16)13-15-12-23-11-10-17(15)18-8-5-6-9-19(18)20-24-27-28-25-20/h5-6,8-12,14H,3-4,7,13H2,1-2H3,(H,24,25,27,28). The fraction of sp³-hybridized carbons (Fsp3) is 0.273. The maximum atomic E-state index is 13.5. The fourth-order valence-electron chi connectivity index (χ4n) is 4.05. The van der Waals surface area contributed by atoms with Crippen LogP contribution in [0.4, 0.5) is 0 Å². The predicted octanol–water partition coefficient (Wildman–Crippen LogP) is 1.89. The van der Waals surface area contributed by atoms with Crippen molar-refractivity contribution in [1.82, 2.24) is 54.9 Å². The van der Waals surface area contributed by atoms with E-state index in [1.807, 2.05) is 43.5 Å². The van der Waals surface area contributed by atoms with E-state index in [0.29, 0.717) is 24.9 Å². The zero-order valence-electron chi connectivity index (χ0n) is 18.8. The Morgan fingerprint density at radius 2 is 1.88 bits per heavy atom. The van der Waals surface area contributed by atoms with Gasteiger partial charge in [-0.15, -0.1) is 10.2 Å². The van der Waals surface area contributed by atoms with Crippen LogP contribution in [0.3, 0.4) is 0 Å². The lowest BCUT2D eigenvalue weighted by Gasteiger charge is -2.13. The Labute approximate surface area is 194 Å². The molecule has 0 aliphatic heterocycles. The minimum atomic E-state index is -0.200. The number of rotatable bonds is 8. The Morgan fingerprint density at radius 3 is 2.65 bits per heavy atom. The monoisotopic (exact) mass is 457 g/mol. The lowest BCUT2D eigenvalue weighted by Crippen LogP contribution is -2.26. The maximum Gasteiger partial charge on any atom is 0.335 e. The highest BCUT2D eigenvalue weighted by Gasteiger charge is 2.19. The number of nitrogens with zero attached hydrogens (tertiary/aromatic N) is 10. The number of imidazole rings is 1. The van der Waals surface area contributed by atoms with Crippen molar-refractivity contribution in [2.24, 2.45) is 0 Å². The molecular weight excluding hydrogens is 434 g/mol. The first kappa shape index (κ1) is 21.4. The van der Waals surface area contributed by atoms with Gasteiger partial charge in [0.25, 0.3) is 5.95 Å². The molecule has 0 aliphatic carbocycles. The molecule has 5 aromatic rings. The predicted molar refractivity (Wildman–Crippen MR) is 123 cm³/mol. The number of benzene rings is 1. The molecule has 0 saturated carbocycles. The Bertz CT molecular complexity index is 1460. The summed E-state index contributed by atoms with van der Waals surface area (Å²) in [5.74, 6) is 0.900. The van der Waals surface area contributed by atoms with E-state index < -0.39 is 0 Å². The van der Waals surface area contributed by atoms with Crippen molar-refractivity contribution in [3.63, 3.8) is 0 Å². The van der Waals surface area contributed by atoms with Crippen LogP contribution >= 0.6 is 0 Å². The smallest absolute Gasteiger partial charge is 0.291 e. The molecule has 0 amide bonds. The minimum Gasteiger partial charge on any atom is -0.291 e. The quantitative estimate of drug-likeness (QED) is 0.373. The van der Waals surface area contributed by atoms with Crippen LogP contribution in [0.25, 0.3) is 28.5 Å². The van der Waals surface area contributed by atoms with Crippen LogP contribution in [0, 0.1) is 0 Å². The van der Waals surface area contributed by atoms with Gasteiger partial charge in [0.15, 0.2) is 0 Å². The Morgan fingerprint density at radius 1 is 1.03 bits per heavy atom. The van der Waals surface area contributed by atoms with Crippen molar-refractivity contribution in [3.05, 3.63) is 70.7 Å². The number of aromatic amines is 1. The summed E-state index contributed by atoms with van der Waals surface area (Å²) < 4.78 is 4.87. The summed E-state index contributed by atoms with van der Waals surface area (Å²) in [6.45, 7) is 4.91. The van der Waals surface area contributed by atoms with E-state index in [2.05, 4.69) is 48.1 Å². The van der Waals surface area contributed by atoms with Gasteiger partial charge >= 0.3 is 5.69 Å². The average molecular weight is 458 g/mol. The summed E-state index contributed by atoms with van der Waals surface area (Å²) >= 11 is 0. The van der Waals surface area contributed by atoms with Crippen LogP contribution in [-0.4, -0.2) is 54.9 Å². The van der Waals surface area contributed by atoms with Crippen LogP contribution in [0.2, 0.25) is 0 Å². The molecule has 0 atom stereocenters. The van der Waals surface area contributed by atoms with Crippen LogP contribution in [0.5, 0.6) is 0 Å². The first-order valence-electron chi connectivity index (χ1n) is 11.0. The van der Waals surface area contributed by atoms with Crippen molar-refractivity contribution < 1.29 is 0 Å². The molecule has 0 fully saturated rings. The fourth-order valence-corrected chi connectivity index (χ4v) is 4.05. The number of nitrogens with one attached hydrogen (secondary N) is 1. The van der Waals surface area contributed by atoms with Gasteiger partial charge in [-0.05, 0) is 51.7 Å². The second-order valence-corrected chi connectivity index (χ2v) is 7.72. The van der Waals surface area contributed by atoms with Crippen LogP contribution in [0.1, 0.15) is 31.5 Å². The van der Waals surface area contributed by atoms with Gasteiger partial charge in [-0.1, -0.05) is 42.7 Å². The van der Waals surface area contributed by atoms with Gasteiger partial charge in [0, 0.05) is 36.4 Å². The lowest BCUT2D eigenvalue weighted by molar-refractivity contribution is 0.603. The van der Waals surface area contributed by atoms with E-state index in [1.165, 1.54) is 4.57 Å². The van der Waals surface area contributed by atoms with Crippen molar-refractivity contribution in [1.29, 1.82) is 0 Å². The highest BCUT2D eigenvalue weighted by Crippen LogP contribution is 2.32. The van der Waals surface area contributed by atoms with Gasteiger partial charge < -0.3 is 0 Å². The van der Waals surface area contributed by atoms with E-state index >= 15 is 0 Å². The number of tetrazole rings is 2. The molecule has 0 unspecified atom stereocenters. The molecule has 0 radical (unpaired) electrons. The first-order valence-corrected chi connectivity index (χ1v) is 11.0. The number of hydrogen-bond donors (Lipinski definition) is 1.